The minimum Gasteiger partial charge on any atom is -0.337 e. The van der Waals surface area contributed by atoms with E-state index in [-0.39, 0.29) is 5.91 Å². The molecule has 2 aliphatic rings. The van der Waals surface area contributed by atoms with Gasteiger partial charge in [-0.1, -0.05) is 11.6 Å². The number of nitrogens with one attached hydrogen (secondary N) is 1. The fourth-order valence-electron chi connectivity index (χ4n) is 3.17. The highest BCUT2D eigenvalue weighted by Crippen LogP contribution is 2.22. The first kappa shape index (κ1) is 12.9. The van der Waals surface area contributed by atoms with Crippen molar-refractivity contribution in [3.05, 3.63) is 34.3 Å². The van der Waals surface area contributed by atoms with Crippen molar-refractivity contribution in [2.24, 2.45) is 0 Å². The Bertz CT molecular complexity index is 483. The molecule has 1 N–H and O–H groups in total. The van der Waals surface area contributed by atoms with Crippen molar-refractivity contribution in [2.75, 3.05) is 13.1 Å². The first-order valence-electron chi connectivity index (χ1n) is 6.94. The minimum atomic E-state index is 0.111. The third-order valence-electron chi connectivity index (χ3n) is 4.10. The van der Waals surface area contributed by atoms with Crippen LogP contribution in [0.5, 0.6) is 0 Å². The number of carbonyl (C=O) groups is 1. The molecule has 0 aliphatic carbocycles. The van der Waals surface area contributed by atoms with Crippen LogP contribution >= 0.6 is 11.6 Å². The highest BCUT2D eigenvalue weighted by Gasteiger charge is 2.31. The Morgan fingerprint density at radius 3 is 2.84 bits per heavy atom. The lowest BCUT2D eigenvalue weighted by Gasteiger charge is -2.24. The highest BCUT2D eigenvalue weighted by atomic mass is 35.5. The summed E-state index contributed by atoms with van der Waals surface area (Å²) in [7, 11) is 0. The zero-order valence-corrected chi connectivity index (χ0v) is 11.9. The van der Waals surface area contributed by atoms with E-state index in [4.69, 9.17) is 11.6 Å². The van der Waals surface area contributed by atoms with Crippen molar-refractivity contribution < 1.29 is 4.79 Å². The van der Waals surface area contributed by atoms with Crippen LogP contribution in [0.15, 0.2) is 18.2 Å². The maximum atomic E-state index is 12.6. The van der Waals surface area contributed by atoms with Gasteiger partial charge in [-0.05, 0) is 49.9 Å². The molecule has 2 atom stereocenters. The van der Waals surface area contributed by atoms with E-state index in [0.29, 0.717) is 22.7 Å². The van der Waals surface area contributed by atoms with Crippen LogP contribution in [0.1, 0.15) is 35.2 Å². The zero-order chi connectivity index (χ0) is 13.4. The van der Waals surface area contributed by atoms with E-state index in [1.165, 1.54) is 12.8 Å². The molecule has 0 saturated carbocycles. The second-order valence-electron chi connectivity index (χ2n) is 5.69. The molecule has 2 fully saturated rings. The van der Waals surface area contributed by atoms with Gasteiger partial charge in [0.1, 0.15) is 0 Å². The summed E-state index contributed by atoms with van der Waals surface area (Å²) in [6, 6.07) is 6.64. The van der Waals surface area contributed by atoms with Gasteiger partial charge in [-0.3, -0.25) is 4.79 Å². The van der Waals surface area contributed by atoms with Crippen molar-refractivity contribution in [2.45, 2.75) is 38.3 Å². The zero-order valence-electron chi connectivity index (χ0n) is 11.2. The van der Waals surface area contributed by atoms with Crippen LogP contribution in [-0.4, -0.2) is 36.0 Å². The Kier molecular flexibility index (Phi) is 3.50. The number of likely N-dealkylation sites (tertiary alicyclic amines) is 1. The first-order valence-corrected chi connectivity index (χ1v) is 7.32. The number of amides is 1. The van der Waals surface area contributed by atoms with Gasteiger partial charge < -0.3 is 10.2 Å². The molecular formula is C15H19ClN2O. The summed E-state index contributed by atoms with van der Waals surface area (Å²) in [6.45, 7) is 3.63. The van der Waals surface area contributed by atoms with E-state index in [1.807, 2.05) is 24.0 Å². The molecule has 1 aromatic rings. The van der Waals surface area contributed by atoms with Crippen LogP contribution in [-0.2, 0) is 0 Å². The van der Waals surface area contributed by atoms with Crippen molar-refractivity contribution >= 4 is 17.5 Å². The number of halogens is 1. The Morgan fingerprint density at radius 1 is 1.26 bits per heavy atom. The molecule has 2 heterocycles. The fraction of sp³-hybridized carbons (Fsp3) is 0.533. The number of rotatable bonds is 1. The minimum absolute atomic E-state index is 0.111. The molecule has 0 radical (unpaired) electrons. The molecule has 0 aromatic heterocycles. The smallest absolute Gasteiger partial charge is 0.253 e. The summed E-state index contributed by atoms with van der Waals surface area (Å²) >= 11 is 6.05. The summed E-state index contributed by atoms with van der Waals surface area (Å²) in [5.41, 5.74) is 1.74. The molecule has 2 bridgehead atoms. The Morgan fingerprint density at radius 2 is 2.05 bits per heavy atom. The van der Waals surface area contributed by atoms with Crippen molar-refractivity contribution in [1.82, 2.24) is 10.2 Å². The predicted octanol–water partition coefficient (Wildman–Crippen LogP) is 2.61. The van der Waals surface area contributed by atoms with Crippen LogP contribution in [0.4, 0.5) is 0 Å². The van der Waals surface area contributed by atoms with E-state index in [1.54, 1.807) is 6.07 Å². The molecule has 102 valence electrons. The standard InChI is InChI=1S/C15H19ClN2O/c1-10-6-11(8-12(16)7-10)15(19)18-5-4-13-2-3-14(9-18)17-13/h6-8,13-14,17H,2-5,9H2,1H3. The highest BCUT2D eigenvalue weighted by molar-refractivity contribution is 6.31. The van der Waals surface area contributed by atoms with Crippen molar-refractivity contribution in [1.29, 1.82) is 0 Å². The van der Waals surface area contributed by atoms with Gasteiger partial charge in [-0.2, -0.15) is 0 Å². The quantitative estimate of drug-likeness (QED) is 0.856. The average molecular weight is 279 g/mol. The summed E-state index contributed by atoms with van der Waals surface area (Å²) in [5, 5.41) is 4.23. The molecule has 4 heteroatoms. The van der Waals surface area contributed by atoms with Crippen LogP contribution in [0.3, 0.4) is 0 Å². The Balaban J connectivity index is 1.79. The van der Waals surface area contributed by atoms with Gasteiger partial charge in [-0.15, -0.1) is 0 Å². The van der Waals surface area contributed by atoms with E-state index < -0.39 is 0 Å². The average Bonchev–Trinajstić information content (AvgIpc) is 2.67. The monoisotopic (exact) mass is 278 g/mol. The molecule has 3 rings (SSSR count). The van der Waals surface area contributed by atoms with E-state index in [0.717, 1.165) is 25.1 Å². The van der Waals surface area contributed by atoms with E-state index in [9.17, 15) is 4.79 Å². The molecule has 3 nitrogen and oxygen atoms in total. The third kappa shape index (κ3) is 2.77. The van der Waals surface area contributed by atoms with Gasteiger partial charge in [0, 0.05) is 35.8 Å². The number of hydrogen-bond donors (Lipinski definition) is 1. The summed E-state index contributed by atoms with van der Waals surface area (Å²) < 4.78 is 0. The van der Waals surface area contributed by atoms with Gasteiger partial charge >= 0.3 is 0 Å². The van der Waals surface area contributed by atoms with Gasteiger partial charge in [0.25, 0.3) is 5.91 Å². The summed E-state index contributed by atoms with van der Waals surface area (Å²) in [4.78, 5) is 14.5. The lowest BCUT2D eigenvalue weighted by molar-refractivity contribution is 0.0748. The van der Waals surface area contributed by atoms with Gasteiger partial charge in [0.05, 0.1) is 0 Å². The SMILES string of the molecule is Cc1cc(Cl)cc(C(=O)N2CCC3CCC(C2)N3)c1. The number of hydrogen-bond acceptors (Lipinski definition) is 2. The van der Waals surface area contributed by atoms with Crippen LogP contribution in [0.25, 0.3) is 0 Å². The Labute approximate surface area is 118 Å². The normalized spacial score (nSPS) is 26.3. The van der Waals surface area contributed by atoms with Gasteiger partial charge in [0.15, 0.2) is 0 Å². The third-order valence-corrected chi connectivity index (χ3v) is 4.32. The number of benzene rings is 1. The van der Waals surface area contributed by atoms with Gasteiger partial charge in [-0.25, -0.2) is 0 Å². The lowest BCUT2D eigenvalue weighted by Crippen LogP contribution is -2.39. The largest absolute Gasteiger partial charge is 0.337 e. The van der Waals surface area contributed by atoms with Crippen LogP contribution in [0, 0.1) is 6.92 Å². The van der Waals surface area contributed by atoms with Crippen molar-refractivity contribution in [3.8, 4) is 0 Å². The van der Waals surface area contributed by atoms with Crippen LogP contribution < -0.4 is 5.32 Å². The maximum Gasteiger partial charge on any atom is 0.253 e. The maximum absolute atomic E-state index is 12.6. The van der Waals surface area contributed by atoms with E-state index >= 15 is 0 Å². The predicted molar refractivity (Wildman–Crippen MR) is 76.7 cm³/mol. The van der Waals surface area contributed by atoms with Crippen LogP contribution in [0.2, 0.25) is 5.02 Å². The molecule has 1 aromatic carbocycles. The number of nitrogens with zero attached hydrogens (tertiary/aromatic N) is 1. The topological polar surface area (TPSA) is 32.3 Å². The number of carbonyl (C=O) groups excluding carboxylic acids is 1. The lowest BCUT2D eigenvalue weighted by atomic mass is 10.1. The molecule has 2 saturated heterocycles. The summed E-state index contributed by atoms with van der Waals surface area (Å²) in [6.07, 6.45) is 3.49. The second-order valence-corrected chi connectivity index (χ2v) is 6.13. The second kappa shape index (κ2) is 5.14. The Hall–Kier alpha value is -1.06. The van der Waals surface area contributed by atoms with Gasteiger partial charge in [0.2, 0.25) is 0 Å². The number of aryl methyl sites for hydroxylation is 1. The molecular weight excluding hydrogens is 260 g/mol. The van der Waals surface area contributed by atoms with E-state index in [2.05, 4.69) is 5.32 Å². The molecule has 1 amide bonds. The molecule has 0 spiro atoms. The molecule has 2 unspecified atom stereocenters. The molecule has 2 aliphatic heterocycles. The molecule has 19 heavy (non-hydrogen) atoms. The fourth-order valence-corrected chi connectivity index (χ4v) is 3.46. The van der Waals surface area contributed by atoms with Crippen molar-refractivity contribution in [3.63, 3.8) is 0 Å². The number of fused-ring (bicyclic) bond motifs is 2. The first-order chi connectivity index (χ1) is 9.11. The summed E-state index contributed by atoms with van der Waals surface area (Å²) in [5.74, 6) is 0.111.